The summed E-state index contributed by atoms with van der Waals surface area (Å²) in [5.74, 6) is 1.64. The number of rotatable bonds is 6. The Kier molecular flexibility index (Phi) is 4.75. The summed E-state index contributed by atoms with van der Waals surface area (Å²) in [6.07, 6.45) is 12.4. The summed E-state index contributed by atoms with van der Waals surface area (Å²) >= 11 is 0. The zero-order chi connectivity index (χ0) is 17.2. The molecule has 2 heterocycles. The number of hydrazine groups is 1. The number of aromatic nitrogens is 1. The van der Waals surface area contributed by atoms with Crippen molar-refractivity contribution in [2.45, 2.75) is 57.5 Å². The summed E-state index contributed by atoms with van der Waals surface area (Å²) in [5.41, 5.74) is 5.49. The van der Waals surface area contributed by atoms with Crippen molar-refractivity contribution in [3.05, 3.63) is 35.8 Å². The fraction of sp³-hybridized carbons (Fsp3) is 0.600. The normalized spacial score (nSPS) is 29.4. The topological polar surface area (TPSA) is 54.5 Å². The molecule has 3 unspecified atom stereocenters. The zero-order valence-electron chi connectivity index (χ0n) is 14.9. The molecule has 0 spiro atoms. The van der Waals surface area contributed by atoms with E-state index in [1.807, 2.05) is 12.1 Å². The van der Waals surface area contributed by atoms with Crippen molar-refractivity contribution < 1.29 is 9.53 Å². The van der Waals surface area contributed by atoms with Gasteiger partial charge in [-0.15, -0.1) is 0 Å². The van der Waals surface area contributed by atoms with Gasteiger partial charge < -0.3 is 9.75 Å². The zero-order valence-corrected chi connectivity index (χ0v) is 14.9. The quantitative estimate of drug-likeness (QED) is 0.804. The SMILES string of the molecule is CC1C=C(C2CCCCC2COc2cccnc2C=O)N(C2CC2)N1. The first-order chi connectivity index (χ1) is 12.3. The van der Waals surface area contributed by atoms with E-state index < -0.39 is 0 Å². The van der Waals surface area contributed by atoms with Crippen LogP contribution in [0.15, 0.2) is 30.1 Å². The third-order valence-electron chi connectivity index (χ3n) is 5.61. The maximum atomic E-state index is 11.1. The molecule has 5 nitrogen and oxygen atoms in total. The molecular formula is C20H27N3O2. The average molecular weight is 341 g/mol. The summed E-state index contributed by atoms with van der Waals surface area (Å²) < 4.78 is 6.04. The molecule has 0 amide bonds. The Morgan fingerprint density at radius 3 is 2.96 bits per heavy atom. The minimum absolute atomic E-state index is 0.393. The second-order valence-electron chi connectivity index (χ2n) is 7.58. The molecule has 2 aliphatic carbocycles. The van der Waals surface area contributed by atoms with Crippen molar-refractivity contribution in [3.8, 4) is 5.75 Å². The maximum Gasteiger partial charge on any atom is 0.172 e. The van der Waals surface area contributed by atoms with Crippen LogP contribution in [-0.4, -0.2) is 35.0 Å². The fourth-order valence-electron chi connectivity index (χ4n) is 4.23. The van der Waals surface area contributed by atoms with E-state index in [0.717, 1.165) is 6.29 Å². The number of hydrogen-bond acceptors (Lipinski definition) is 5. The second kappa shape index (κ2) is 7.16. The first kappa shape index (κ1) is 16.6. The molecule has 2 saturated carbocycles. The number of aldehydes is 1. The lowest BCUT2D eigenvalue weighted by Crippen LogP contribution is -2.41. The molecule has 1 N–H and O–H groups in total. The number of hydrogen-bond donors (Lipinski definition) is 1. The van der Waals surface area contributed by atoms with Gasteiger partial charge in [0, 0.05) is 35.8 Å². The standard InChI is InChI=1S/C20H27N3O2/c1-14-11-19(23(22-14)16-8-9-16)17-6-3-2-5-15(17)13-25-20-7-4-10-21-18(20)12-24/h4,7,10-12,14-17,22H,2-3,5-6,8-9,13H2,1H3. The molecule has 2 fully saturated rings. The van der Waals surface area contributed by atoms with Crippen LogP contribution in [-0.2, 0) is 0 Å². The van der Waals surface area contributed by atoms with Crippen molar-refractivity contribution in [2.24, 2.45) is 11.8 Å². The molecule has 0 bridgehead atoms. The van der Waals surface area contributed by atoms with Gasteiger partial charge in [-0.25, -0.2) is 10.4 Å². The summed E-state index contributed by atoms with van der Waals surface area (Å²) in [4.78, 5) is 15.2. The average Bonchev–Trinajstić information content (AvgIpc) is 3.42. The van der Waals surface area contributed by atoms with Gasteiger partial charge in [0.2, 0.25) is 0 Å². The summed E-state index contributed by atoms with van der Waals surface area (Å²) in [6, 6.07) is 4.75. The number of nitrogens with zero attached hydrogens (tertiary/aromatic N) is 2. The van der Waals surface area contributed by atoms with Gasteiger partial charge in [-0.05, 0) is 50.8 Å². The Morgan fingerprint density at radius 1 is 1.32 bits per heavy atom. The Labute approximate surface area is 149 Å². The van der Waals surface area contributed by atoms with Crippen molar-refractivity contribution in [3.63, 3.8) is 0 Å². The molecule has 0 radical (unpaired) electrons. The van der Waals surface area contributed by atoms with E-state index >= 15 is 0 Å². The highest BCUT2D eigenvalue weighted by Gasteiger charge is 2.40. The number of ether oxygens (including phenoxy) is 1. The van der Waals surface area contributed by atoms with Gasteiger partial charge in [0.15, 0.2) is 6.29 Å². The van der Waals surface area contributed by atoms with Crippen LogP contribution >= 0.6 is 0 Å². The largest absolute Gasteiger partial charge is 0.491 e. The molecule has 4 rings (SSSR count). The van der Waals surface area contributed by atoms with Gasteiger partial charge >= 0.3 is 0 Å². The van der Waals surface area contributed by atoms with Gasteiger partial charge in [0.25, 0.3) is 0 Å². The van der Waals surface area contributed by atoms with Crippen molar-refractivity contribution in [1.82, 2.24) is 15.4 Å². The monoisotopic (exact) mass is 341 g/mol. The van der Waals surface area contributed by atoms with E-state index in [1.165, 1.54) is 44.2 Å². The Bertz CT molecular complexity index is 656. The Hall–Kier alpha value is -1.88. The summed E-state index contributed by atoms with van der Waals surface area (Å²) in [6.45, 7) is 2.88. The highest BCUT2D eigenvalue weighted by Crippen LogP contribution is 2.41. The number of pyridine rings is 1. The second-order valence-corrected chi connectivity index (χ2v) is 7.58. The third-order valence-corrected chi connectivity index (χ3v) is 5.61. The Balaban J connectivity index is 1.47. The molecule has 25 heavy (non-hydrogen) atoms. The van der Waals surface area contributed by atoms with Crippen LogP contribution in [0.1, 0.15) is 55.9 Å². The summed E-state index contributed by atoms with van der Waals surface area (Å²) in [7, 11) is 0. The predicted molar refractivity (Wildman–Crippen MR) is 96.1 cm³/mol. The first-order valence-electron chi connectivity index (χ1n) is 9.56. The molecule has 0 aromatic carbocycles. The van der Waals surface area contributed by atoms with E-state index in [0.29, 0.717) is 42.0 Å². The molecule has 0 saturated heterocycles. The van der Waals surface area contributed by atoms with E-state index in [4.69, 9.17) is 4.74 Å². The van der Waals surface area contributed by atoms with Gasteiger partial charge in [0.1, 0.15) is 11.4 Å². The van der Waals surface area contributed by atoms with Crippen molar-refractivity contribution in [2.75, 3.05) is 6.61 Å². The lowest BCUT2D eigenvalue weighted by atomic mass is 9.77. The predicted octanol–water partition coefficient (Wildman–Crippen LogP) is 3.33. The van der Waals surface area contributed by atoms with E-state index in [2.05, 4.69) is 28.4 Å². The minimum atomic E-state index is 0.393. The van der Waals surface area contributed by atoms with E-state index in [9.17, 15) is 4.79 Å². The van der Waals surface area contributed by atoms with Crippen LogP contribution < -0.4 is 10.2 Å². The van der Waals surface area contributed by atoms with E-state index in [-0.39, 0.29) is 0 Å². The number of carbonyl (C=O) groups is 1. The van der Waals surface area contributed by atoms with Crippen molar-refractivity contribution >= 4 is 6.29 Å². The van der Waals surface area contributed by atoms with Crippen LogP contribution in [0.2, 0.25) is 0 Å². The molecule has 134 valence electrons. The van der Waals surface area contributed by atoms with E-state index in [1.54, 1.807) is 6.20 Å². The molecule has 1 aromatic heterocycles. The van der Waals surface area contributed by atoms with Crippen LogP contribution in [0.5, 0.6) is 5.75 Å². The highest BCUT2D eigenvalue weighted by molar-refractivity contribution is 5.75. The van der Waals surface area contributed by atoms with Gasteiger partial charge in [0.05, 0.1) is 6.61 Å². The van der Waals surface area contributed by atoms with Crippen LogP contribution in [0.3, 0.4) is 0 Å². The third kappa shape index (κ3) is 3.56. The van der Waals surface area contributed by atoms with Crippen LogP contribution in [0, 0.1) is 11.8 Å². The number of nitrogens with one attached hydrogen (secondary N) is 1. The van der Waals surface area contributed by atoms with Gasteiger partial charge in [-0.3, -0.25) is 4.79 Å². The van der Waals surface area contributed by atoms with Gasteiger partial charge in [-0.2, -0.15) is 0 Å². The minimum Gasteiger partial charge on any atom is -0.491 e. The molecule has 1 aromatic rings. The molecular weight excluding hydrogens is 314 g/mol. The number of carbonyl (C=O) groups excluding carboxylic acids is 1. The smallest absolute Gasteiger partial charge is 0.172 e. The molecule has 5 heteroatoms. The molecule has 3 aliphatic rings. The lowest BCUT2D eigenvalue weighted by molar-refractivity contribution is 0.110. The number of allylic oxidation sites excluding steroid dienone is 1. The lowest BCUT2D eigenvalue weighted by Gasteiger charge is -2.36. The maximum absolute atomic E-state index is 11.1. The van der Waals surface area contributed by atoms with Crippen LogP contribution in [0.25, 0.3) is 0 Å². The summed E-state index contributed by atoms with van der Waals surface area (Å²) in [5, 5.41) is 2.44. The molecule has 3 atom stereocenters. The highest BCUT2D eigenvalue weighted by atomic mass is 16.5. The fourth-order valence-corrected chi connectivity index (χ4v) is 4.23. The van der Waals surface area contributed by atoms with Crippen molar-refractivity contribution in [1.29, 1.82) is 0 Å². The van der Waals surface area contributed by atoms with Crippen LogP contribution in [0.4, 0.5) is 0 Å². The Morgan fingerprint density at radius 2 is 2.16 bits per heavy atom. The first-order valence-corrected chi connectivity index (χ1v) is 9.56. The molecule has 1 aliphatic heterocycles. The van der Waals surface area contributed by atoms with Gasteiger partial charge in [-0.1, -0.05) is 12.8 Å².